The Labute approximate surface area is 82.8 Å². The van der Waals surface area contributed by atoms with Crippen molar-refractivity contribution in [1.29, 1.82) is 0 Å². The van der Waals surface area contributed by atoms with Crippen LogP contribution in [0.2, 0.25) is 0 Å². The molecule has 0 radical (unpaired) electrons. The van der Waals surface area contributed by atoms with E-state index in [0.29, 0.717) is 6.42 Å². The van der Waals surface area contributed by atoms with Gasteiger partial charge in [0.25, 0.3) is 0 Å². The molecule has 1 heterocycles. The van der Waals surface area contributed by atoms with E-state index in [1.165, 1.54) is 0 Å². The van der Waals surface area contributed by atoms with Gasteiger partial charge in [0, 0.05) is 18.1 Å². The Balaban J connectivity index is 2.30. The van der Waals surface area contributed by atoms with E-state index in [2.05, 4.69) is 10.5 Å². The number of carbonyl (C=O) groups is 1. The largest absolute Gasteiger partial charge is 0.273 e. The summed E-state index contributed by atoms with van der Waals surface area (Å²) in [5.74, 6) is 0.134. The SMILES string of the molecule is CC1=NNC(=O)C[C@H]1c1ccccc1. The Morgan fingerprint density at radius 2 is 2.07 bits per heavy atom. The zero-order valence-corrected chi connectivity index (χ0v) is 8.03. The van der Waals surface area contributed by atoms with E-state index in [9.17, 15) is 4.79 Å². The molecule has 3 nitrogen and oxygen atoms in total. The number of hydrazone groups is 1. The molecule has 1 aromatic carbocycles. The number of nitrogens with one attached hydrogen (secondary N) is 1. The van der Waals surface area contributed by atoms with Gasteiger partial charge in [-0.25, -0.2) is 5.43 Å². The molecule has 0 saturated heterocycles. The lowest BCUT2D eigenvalue weighted by atomic mass is 9.91. The number of rotatable bonds is 1. The highest BCUT2D eigenvalue weighted by Crippen LogP contribution is 2.23. The zero-order valence-electron chi connectivity index (χ0n) is 8.03. The topological polar surface area (TPSA) is 41.5 Å². The van der Waals surface area contributed by atoms with Crippen molar-refractivity contribution in [3.8, 4) is 0 Å². The minimum atomic E-state index is -0.00977. The van der Waals surface area contributed by atoms with Crippen LogP contribution in [0.1, 0.15) is 24.8 Å². The highest BCUT2D eigenvalue weighted by Gasteiger charge is 2.22. The molecule has 0 fully saturated rings. The standard InChI is InChI=1S/C11H12N2O/c1-8-10(7-11(14)13-12-8)9-5-3-2-4-6-9/h2-6,10H,7H2,1H3,(H,13,14)/t10-/m1/s1. The van der Waals surface area contributed by atoms with Crippen LogP contribution in [0.25, 0.3) is 0 Å². The van der Waals surface area contributed by atoms with E-state index in [4.69, 9.17) is 0 Å². The lowest BCUT2D eigenvalue weighted by Gasteiger charge is -2.20. The van der Waals surface area contributed by atoms with E-state index < -0.39 is 0 Å². The van der Waals surface area contributed by atoms with Crippen LogP contribution < -0.4 is 5.43 Å². The van der Waals surface area contributed by atoms with Crippen LogP contribution in [0.5, 0.6) is 0 Å². The van der Waals surface area contributed by atoms with E-state index in [1.54, 1.807) is 0 Å². The van der Waals surface area contributed by atoms with Crippen molar-refractivity contribution in [2.24, 2.45) is 5.10 Å². The Hall–Kier alpha value is -1.64. The van der Waals surface area contributed by atoms with Gasteiger partial charge < -0.3 is 0 Å². The zero-order chi connectivity index (χ0) is 9.97. The van der Waals surface area contributed by atoms with Crippen molar-refractivity contribution in [2.75, 3.05) is 0 Å². The number of amides is 1. The van der Waals surface area contributed by atoms with Crippen LogP contribution in [0.3, 0.4) is 0 Å². The van der Waals surface area contributed by atoms with Gasteiger partial charge in [-0.05, 0) is 12.5 Å². The molecule has 1 amide bonds. The highest BCUT2D eigenvalue weighted by atomic mass is 16.2. The van der Waals surface area contributed by atoms with Gasteiger partial charge in [-0.3, -0.25) is 4.79 Å². The Kier molecular flexibility index (Phi) is 2.31. The van der Waals surface area contributed by atoms with Gasteiger partial charge in [-0.2, -0.15) is 5.10 Å². The maximum Gasteiger partial charge on any atom is 0.241 e. The Morgan fingerprint density at radius 1 is 1.36 bits per heavy atom. The van der Waals surface area contributed by atoms with E-state index in [0.717, 1.165) is 11.3 Å². The summed E-state index contributed by atoms with van der Waals surface area (Å²) >= 11 is 0. The summed E-state index contributed by atoms with van der Waals surface area (Å²) in [5.41, 5.74) is 4.60. The van der Waals surface area contributed by atoms with Crippen LogP contribution in [-0.4, -0.2) is 11.6 Å². The second-order valence-electron chi connectivity index (χ2n) is 3.46. The molecule has 1 aromatic rings. The molecule has 1 aliphatic rings. The van der Waals surface area contributed by atoms with Crippen molar-refractivity contribution in [3.63, 3.8) is 0 Å². The van der Waals surface area contributed by atoms with Gasteiger partial charge in [-0.1, -0.05) is 30.3 Å². The monoisotopic (exact) mass is 188 g/mol. The molecular weight excluding hydrogens is 176 g/mol. The fourth-order valence-electron chi connectivity index (χ4n) is 1.65. The first-order valence-electron chi connectivity index (χ1n) is 4.65. The first kappa shape index (κ1) is 8.94. The maximum atomic E-state index is 11.2. The quantitative estimate of drug-likeness (QED) is 0.715. The lowest BCUT2D eigenvalue weighted by molar-refractivity contribution is -0.121. The average Bonchev–Trinajstić information content (AvgIpc) is 2.23. The van der Waals surface area contributed by atoms with Crippen LogP contribution in [0, 0.1) is 0 Å². The average molecular weight is 188 g/mol. The molecule has 1 N–H and O–H groups in total. The van der Waals surface area contributed by atoms with Crippen molar-refractivity contribution >= 4 is 11.6 Å². The van der Waals surface area contributed by atoms with Crippen LogP contribution in [-0.2, 0) is 4.79 Å². The molecule has 3 heteroatoms. The summed E-state index contributed by atoms with van der Waals surface area (Å²) in [4.78, 5) is 11.2. The van der Waals surface area contributed by atoms with Crippen LogP contribution in [0.15, 0.2) is 35.4 Å². The molecule has 0 aliphatic carbocycles. The molecule has 0 saturated carbocycles. The Bertz CT molecular complexity index is 370. The number of hydrogen-bond donors (Lipinski definition) is 1. The summed E-state index contributed by atoms with van der Waals surface area (Å²) < 4.78 is 0. The fraction of sp³-hybridized carbons (Fsp3) is 0.273. The summed E-state index contributed by atoms with van der Waals surface area (Å²) in [7, 11) is 0. The minimum absolute atomic E-state index is 0.00977. The second kappa shape index (κ2) is 3.62. The lowest BCUT2D eigenvalue weighted by Crippen LogP contribution is -2.30. The maximum absolute atomic E-state index is 11.2. The van der Waals surface area contributed by atoms with Crippen molar-refractivity contribution in [2.45, 2.75) is 19.3 Å². The fourth-order valence-corrected chi connectivity index (χ4v) is 1.65. The summed E-state index contributed by atoms with van der Waals surface area (Å²) in [6.45, 7) is 1.94. The van der Waals surface area contributed by atoms with Gasteiger partial charge in [-0.15, -0.1) is 0 Å². The predicted molar refractivity (Wildman–Crippen MR) is 55.1 cm³/mol. The van der Waals surface area contributed by atoms with Gasteiger partial charge in [0.2, 0.25) is 5.91 Å². The van der Waals surface area contributed by atoms with Crippen molar-refractivity contribution in [3.05, 3.63) is 35.9 Å². The molecular formula is C11H12N2O. The molecule has 2 rings (SSSR count). The molecule has 0 bridgehead atoms. The molecule has 72 valence electrons. The van der Waals surface area contributed by atoms with Crippen LogP contribution >= 0.6 is 0 Å². The van der Waals surface area contributed by atoms with E-state index >= 15 is 0 Å². The van der Waals surface area contributed by atoms with E-state index in [-0.39, 0.29) is 11.8 Å². The van der Waals surface area contributed by atoms with E-state index in [1.807, 2.05) is 37.3 Å². The summed E-state index contributed by atoms with van der Waals surface area (Å²) in [5, 5.41) is 3.99. The molecule has 1 aliphatic heterocycles. The normalized spacial score (nSPS) is 21.4. The molecule has 14 heavy (non-hydrogen) atoms. The molecule has 1 atom stereocenters. The first-order valence-corrected chi connectivity index (χ1v) is 4.65. The van der Waals surface area contributed by atoms with Gasteiger partial charge in [0.15, 0.2) is 0 Å². The first-order chi connectivity index (χ1) is 6.77. The summed E-state index contributed by atoms with van der Waals surface area (Å²) in [6.07, 6.45) is 0.499. The van der Waals surface area contributed by atoms with Gasteiger partial charge >= 0.3 is 0 Å². The van der Waals surface area contributed by atoms with Crippen molar-refractivity contribution in [1.82, 2.24) is 5.43 Å². The number of hydrogen-bond acceptors (Lipinski definition) is 2. The van der Waals surface area contributed by atoms with Gasteiger partial charge in [0.1, 0.15) is 0 Å². The number of benzene rings is 1. The molecule has 0 unspecified atom stereocenters. The minimum Gasteiger partial charge on any atom is -0.273 e. The third kappa shape index (κ3) is 1.66. The predicted octanol–water partition coefficient (Wildman–Crippen LogP) is 1.67. The van der Waals surface area contributed by atoms with Crippen LogP contribution in [0.4, 0.5) is 0 Å². The Morgan fingerprint density at radius 3 is 2.79 bits per heavy atom. The highest BCUT2D eigenvalue weighted by molar-refractivity contribution is 5.96. The van der Waals surface area contributed by atoms with Gasteiger partial charge in [0.05, 0.1) is 0 Å². The number of carbonyl (C=O) groups excluding carboxylic acids is 1. The third-order valence-electron chi connectivity index (χ3n) is 2.45. The second-order valence-corrected chi connectivity index (χ2v) is 3.46. The summed E-state index contributed by atoms with van der Waals surface area (Å²) in [6, 6.07) is 9.99. The number of nitrogens with zero attached hydrogens (tertiary/aromatic N) is 1. The molecule has 0 aromatic heterocycles. The van der Waals surface area contributed by atoms with Crippen molar-refractivity contribution < 1.29 is 4.79 Å². The third-order valence-corrected chi connectivity index (χ3v) is 2.45. The smallest absolute Gasteiger partial charge is 0.241 e. The molecule has 0 spiro atoms.